The fourth-order valence-electron chi connectivity index (χ4n) is 3.26. The van der Waals surface area contributed by atoms with E-state index in [1.165, 1.54) is 50.8 Å². The van der Waals surface area contributed by atoms with Crippen molar-refractivity contribution < 1.29 is 0 Å². The molecule has 1 saturated heterocycles. The lowest BCUT2D eigenvalue weighted by molar-refractivity contribution is 0.142. The van der Waals surface area contributed by atoms with Crippen LogP contribution in [0.3, 0.4) is 0 Å². The van der Waals surface area contributed by atoms with Gasteiger partial charge in [-0.1, -0.05) is 63.4 Å². The first-order valence-corrected chi connectivity index (χ1v) is 8.12. The van der Waals surface area contributed by atoms with E-state index >= 15 is 0 Å². The average molecular weight is 274 g/mol. The monoisotopic (exact) mass is 274 g/mol. The molecular weight excluding hydrogens is 244 g/mol. The van der Waals surface area contributed by atoms with Gasteiger partial charge in [-0.15, -0.1) is 0 Å². The maximum Gasteiger partial charge on any atom is 0.0359 e. The van der Waals surface area contributed by atoms with Crippen molar-refractivity contribution in [3.63, 3.8) is 0 Å². The van der Waals surface area contributed by atoms with Crippen LogP contribution in [0, 0.1) is 5.41 Å². The van der Waals surface area contributed by atoms with Gasteiger partial charge in [-0.25, -0.2) is 0 Å². The molecule has 0 aliphatic carbocycles. The molecule has 1 atom stereocenters. The molecule has 0 saturated carbocycles. The van der Waals surface area contributed by atoms with Gasteiger partial charge in [0.05, 0.1) is 0 Å². The maximum absolute atomic E-state index is 6.53. The molecule has 1 heterocycles. The topological polar surface area (TPSA) is 29.3 Å². The van der Waals surface area contributed by atoms with E-state index in [0.29, 0.717) is 0 Å². The Morgan fingerprint density at radius 3 is 2.15 bits per heavy atom. The van der Waals surface area contributed by atoms with Crippen LogP contribution in [0.5, 0.6) is 0 Å². The second kappa shape index (κ2) is 7.24. The van der Waals surface area contributed by atoms with Crippen LogP contribution in [0.1, 0.15) is 57.6 Å². The Balaban J connectivity index is 1.98. The summed E-state index contributed by atoms with van der Waals surface area (Å²) in [7, 11) is 0. The highest BCUT2D eigenvalue weighted by molar-refractivity contribution is 5.20. The Bertz CT molecular complexity index is 378. The second-order valence-corrected chi connectivity index (χ2v) is 6.92. The fraction of sp³-hybridized carbons (Fsp3) is 0.667. The van der Waals surface area contributed by atoms with Gasteiger partial charge < -0.3 is 10.6 Å². The van der Waals surface area contributed by atoms with Gasteiger partial charge >= 0.3 is 0 Å². The number of benzene rings is 1. The van der Waals surface area contributed by atoms with Crippen LogP contribution in [-0.4, -0.2) is 24.5 Å². The first kappa shape index (κ1) is 15.5. The molecule has 1 aliphatic rings. The molecule has 0 bridgehead atoms. The molecular formula is C18H30N2. The molecule has 0 amide bonds. The summed E-state index contributed by atoms with van der Waals surface area (Å²) in [5.74, 6) is 0. The summed E-state index contributed by atoms with van der Waals surface area (Å²) in [6.45, 7) is 8.20. The van der Waals surface area contributed by atoms with E-state index < -0.39 is 0 Å². The first-order chi connectivity index (χ1) is 9.59. The molecule has 0 spiro atoms. The number of hydrogen-bond donors (Lipinski definition) is 1. The second-order valence-electron chi connectivity index (χ2n) is 6.92. The minimum Gasteiger partial charge on any atom is -0.323 e. The third-order valence-corrected chi connectivity index (χ3v) is 4.58. The maximum atomic E-state index is 6.53. The summed E-state index contributed by atoms with van der Waals surface area (Å²) in [5.41, 5.74) is 7.90. The molecule has 2 heteroatoms. The highest BCUT2D eigenvalue weighted by Gasteiger charge is 2.29. The van der Waals surface area contributed by atoms with Gasteiger partial charge in [0.15, 0.2) is 0 Å². The number of likely N-dealkylation sites (tertiary alicyclic amines) is 1. The van der Waals surface area contributed by atoms with Crippen LogP contribution in [0.2, 0.25) is 0 Å². The minimum absolute atomic E-state index is 0.106. The van der Waals surface area contributed by atoms with Gasteiger partial charge in [-0.3, -0.25) is 0 Å². The SMILES string of the molecule is CC(C)(CN1CCCCCCC1)C(N)c1ccccc1. The van der Waals surface area contributed by atoms with E-state index in [1.54, 1.807) is 0 Å². The van der Waals surface area contributed by atoms with Gasteiger partial charge in [0.25, 0.3) is 0 Å². The number of hydrogen-bond acceptors (Lipinski definition) is 2. The van der Waals surface area contributed by atoms with Crippen molar-refractivity contribution in [3.05, 3.63) is 35.9 Å². The number of rotatable bonds is 4. The standard InChI is InChI=1S/C18H30N2/c1-18(2,17(19)16-11-7-6-8-12-16)15-20-13-9-4-3-5-10-14-20/h6-8,11-12,17H,3-5,9-10,13-15,19H2,1-2H3. The van der Waals surface area contributed by atoms with Crippen molar-refractivity contribution >= 4 is 0 Å². The average Bonchev–Trinajstić information content (AvgIpc) is 2.42. The summed E-state index contributed by atoms with van der Waals surface area (Å²) in [5, 5.41) is 0. The molecule has 20 heavy (non-hydrogen) atoms. The zero-order chi connectivity index (χ0) is 14.4. The summed E-state index contributed by atoms with van der Waals surface area (Å²) in [4.78, 5) is 2.63. The Morgan fingerprint density at radius 1 is 1.00 bits per heavy atom. The summed E-state index contributed by atoms with van der Waals surface area (Å²) >= 11 is 0. The highest BCUT2D eigenvalue weighted by Crippen LogP contribution is 2.32. The summed E-state index contributed by atoms with van der Waals surface area (Å²) in [6, 6.07) is 10.6. The number of nitrogens with two attached hydrogens (primary N) is 1. The van der Waals surface area contributed by atoms with E-state index in [0.717, 1.165) is 6.54 Å². The molecule has 0 aromatic heterocycles. The van der Waals surface area contributed by atoms with Crippen LogP contribution in [0.25, 0.3) is 0 Å². The lowest BCUT2D eigenvalue weighted by atomic mass is 9.80. The Kier molecular flexibility index (Phi) is 5.62. The first-order valence-electron chi connectivity index (χ1n) is 8.12. The number of nitrogens with zero attached hydrogens (tertiary/aromatic N) is 1. The van der Waals surface area contributed by atoms with Crippen LogP contribution in [0.15, 0.2) is 30.3 Å². The summed E-state index contributed by atoms with van der Waals surface area (Å²) in [6.07, 6.45) is 6.89. The molecule has 2 N–H and O–H groups in total. The van der Waals surface area contributed by atoms with E-state index in [9.17, 15) is 0 Å². The predicted molar refractivity (Wildman–Crippen MR) is 86.7 cm³/mol. The van der Waals surface area contributed by atoms with E-state index in [1.807, 2.05) is 0 Å². The molecule has 1 aromatic rings. The molecule has 1 aliphatic heterocycles. The van der Waals surface area contributed by atoms with Crippen LogP contribution in [0.4, 0.5) is 0 Å². The van der Waals surface area contributed by atoms with Crippen molar-refractivity contribution in [2.75, 3.05) is 19.6 Å². The Morgan fingerprint density at radius 2 is 1.55 bits per heavy atom. The lowest BCUT2D eigenvalue weighted by Crippen LogP contribution is -2.42. The van der Waals surface area contributed by atoms with Crippen molar-refractivity contribution in [3.8, 4) is 0 Å². The van der Waals surface area contributed by atoms with E-state index in [-0.39, 0.29) is 11.5 Å². The Hall–Kier alpha value is -0.860. The zero-order valence-electron chi connectivity index (χ0n) is 13.1. The Labute approximate surface area is 124 Å². The molecule has 1 aromatic carbocycles. The van der Waals surface area contributed by atoms with Gasteiger partial charge in [-0.2, -0.15) is 0 Å². The van der Waals surface area contributed by atoms with E-state index in [4.69, 9.17) is 5.73 Å². The van der Waals surface area contributed by atoms with Crippen molar-refractivity contribution in [1.82, 2.24) is 4.90 Å². The zero-order valence-corrected chi connectivity index (χ0v) is 13.1. The van der Waals surface area contributed by atoms with Gasteiger partial charge in [0, 0.05) is 12.6 Å². The minimum atomic E-state index is 0.106. The quantitative estimate of drug-likeness (QED) is 0.900. The predicted octanol–water partition coefficient (Wildman–Crippen LogP) is 3.98. The highest BCUT2D eigenvalue weighted by atomic mass is 15.1. The van der Waals surface area contributed by atoms with Gasteiger partial charge in [-0.05, 0) is 36.9 Å². The van der Waals surface area contributed by atoms with Gasteiger partial charge in [0.1, 0.15) is 0 Å². The van der Waals surface area contributed by atoms with Crippen molar-refractivity contribution in [1.29, 1.82) is 0 Å². The lowest BCUT2D eigenvalue weighted by Gasteiger charge is -2.38. The van der Waals surface area contributed by atoms with Crippen LogP contribution in [-0.2, 0) is 0 Å². The van der Waals surface area contributed by atoms with Crippen molar-refractivity contribution in [2.45, 2.75) is 52.0 Å². The van der Waals surface area contributed by atoms with E-state index in [2.05, 4.69) is 49.1 Å². The third kappa shape index (κ3) is 4.32. The smallest absolute Gasteiger partial charge is 0.0359 e. The van der Waals surface area contributed by atoms with Crippen LogP contribution < -0.4 is 5.73 Å². The van der Waals surface area contributed by atoms with Crippen LogP contribution >= 0.6 is 0 Å². The third-order valence-electron chi connectivity index (χ3n) is 4.58. The normalized spacial score (nSPS) is 20.1. The molecule has 112 valence electrons. The molecule has 2 nitrogen and oxygen atoms in total. The summed E-state index contributed by atoms with van der Waals surface area (Å²) < 4.78 is 0. The molecule has 2 rings (SSSR count). The fourth-order valence-corrected chi connectivity index (χ4v) is 3.26. The van der Waals surface area contributed by atoms with Gasteiger partial charge in [0.2, 0.25) is 0 Å². The molecule has 0 radical (unpaired) electrons. The van der Waals surface area contributed by atoms with Crippen molar-refractivity contribution in [2.24, 2.45) is 11.1 Å². The largest absolute Gasteiger partial charge is 0.323 e. The molecule has 1 unspecified atom stereocenters. The molecule has 1 fully saturated rings.